The van der Waals surface area contributed by atoms with E-state index in [9.17, 15) is 4.79 Å². The first kappa shape index (κ1) is 19.6. The molecule has 1 atom stereocenters. The number of hydrogen-bond donors (Lipinski definition) is 3. The van der Waals surface area contributed by atoms with Gasteiger partial charge in [-0.15, -0.1) is 0 Å². The molecule has 1 aliphatic heterocycles. The Kier molecular flexibility index (Phi) is 7.87. The Hall–Kier alpha value is -2.17. The van der Waals surface area contributed by atoms with Gasteiger partial charge >= 0.3 is 0 Å². The molecular formula is C23H31N3O. The van der Waals surface area contributed by atoms with Gasteiger partial charge in [0.2, 0.25) is 5.91 Å². The highest BCUT2D eigenvalue weighted by Crippen LogP contribution is 2.27. The van der Waals surface area contributed by atoms with E-state index in [2.05, 4.69) is 76.6 Å². The number of rotatable bonds is 9. The molecule has 0 bridgehead atoms. The zero-order valence-corrected chi connectivity index (χ0v) is 16.0. The number of carbonyl (C=O) groups excluding carboxylic acids is 1. The summed E-state index contributed by atoms with van der Waals surface area (Å²) in [6.07, 6.45) is 3.78. The van der Waals surface area contributed by atoms with Crippen LogP contribution >= 0.6 is 0 Å². The van der Waals surface area contributed by atoms with E-state index in [0.29, 0.717) is 18.4 Å². The van der Waals surface area contributed by atoms with Crippen LogP contribution in [0.1, 0.15) is 42.7 Å². The Morgan fingerprint density at radius 3 is 2.26 bits per heavy atom. The van der Waals surface area contributed by atoms with Crippen LogP contribution in [0.15, 0.2) is 60.7 Å². The highest BCUT2D eigenvalue weighted by Gasteiger charge is 2.15. The molecule has 4 heteroatoms. The molecule has 1 saturated heterocycles. The van der Waals surface area contributed by atoms with E-state index >= 15 is 0 Å². The molecule has 144 valence electrons. The van der Waals surface area contributed by atoms with Gasteiger partial charge in [0.25, 0.3) is 0 Å². The molecule has 4 nitrogen and oxygen atoms in total. The van der Waals surface area contributed by atoms with Crippen molar-refractivity contribution in [2.24, 2.45) is 0 Å². The minimum Gasteiger partial charge on any atom is -0.352 e. The molecule has 1 fully saturated rings. The van der Waals surface area contributed by atoms with Gasteiger partial charge in [-0.2, -0.15) is 0 Å². The maximum absolute atomic E-state index is 12.1. The fraction of sp³-hybridized carbons (Fsp3) is 0.435. The predicted molar refractivity (Wildman–Crippen MR) is 111 cm³/mol. The van der Waals surface area contributed by atoms with Crippen molar-refractivity contribution in [3.63, 3.8) is 0 Å². The second-order valence-electron chi connectivity index (χ2n) is 7.27. The van der Waals surface area contributed by atoms with Gasteiger partial charge in [-0.05, 0) is 43.5 Å². The molecule has 3 N–H and O–H groups in total. The smallest absolute Gasteiger partial charge is 0.221 e. The van der Waals surface area contributed by atoms with Crippen molar-refractivity contribution in [2.45, 2.75) is 37.6 Å². The molecule has 1 heterocycles. The summed E-state index contributed by atoms with van der Waals surface area (Å²) in [5, 5.41) is 9.91. The Bertz CT molecular complexity index is 629. The molecule has 2 aromatic carbocycles. The summed E-state index contributed by atoms with van der Waals surface area (Å²) >= 11 is 0. The Balaban J connectivity index is 1.42. The quantitative estimate of drug-likeness (QED) is 0.599. The Morgan fingerprint density at radius 1 is 1.00 bits per heavy atom. The molecule has 0 radical (unpaired) electrons. The second-order valence-corrected chi connectivity index (χ2v) is 7.27. The highest BCUT2D eigenvalue weighted by atomic mass is 16.1. The minimum atomic E-state index is 0.152. The summed E-state index contributed by atoms with van der Waals surface area (Å²) < 4.78 is 0. The SMILES string of the molecule is O=C(CCNCCC(c1ccccc1)c1ccccc1)N[C@H]1CCCNC1. The third-order valence-corrected chi connectivity index (χ3v) is 5.20. The van der Waals surface area contributed by atoms with E-state index in [1.807, 2.05) is 0 Å². The first-order chi connectivity index (χ1) is 13.3. The van der Waals surface area contributed by atoms with Crippen LogP contribution in [0.5, 0.6) is 0 Å². The normalized spacial score (nSPS) is 17.0. The lowest BCUT2D eigenvalue weighted by Crippen LogP contribution is -2.46. The lowest BCUT2D eigenvalue weighted by Gasteiger charge is -2.23. The van der Waals surface area contributed by atoms with Crippen LogP contribution in [0.2, 0.25) is 0 Å². The zero-order valence-electron chi connectivity index (χ0n) is 16.0. The molecule has 1 aliphatic rings. The largest absolute Gasteiger partial charge is 0.352 e. The standard InChI is InChI=1S/C23H31N3O/c27-23(26-21-12-7-15-25-18-21)14-17-24-16-13-22(19-8-3-1-4-9-19)20-10-5-2-6-11-20/h1-6,8-11,21-22,24-25H,7,12-18H2,(H,26,27)/t21-/m0/s1. The van der Waals surface area contributed by atoms with E-state index in [4.69, 9.17) is 0 Å². The maximum atomic E-state index is 12.1. The predicted octanol–water partition coefficient (Wildman–Crippen LogP) is 3.06. The summed E-state index contributed by atoms with van der Waals surface area (Å²) in [6, 6.07) is 21.6. The van der Waals surface area contributed by atoms with Gasteiger partial charge in [0, 0.05) is 31.5 Å². The van der Waals surface area contributed by atoms with E-state index < -0.39 is 0 Å². The van der Waals surface area contributed by atoms with Gasteiger partial charge in [-0.1, -0.05) is 60.7 Å². The summed E-state index contributed by atoms with van der Waals surface area (Å²) in [6.45, 7) is 3.59. The lowest BCUT2D eigenvalue weighted by atomic mass is 9.88. The summed E-state index contributed by atoms with van der Waals surface area (Å²) in [4.78, 5) is 12.1. The molecule has 0 unspecified atom stereocenters. The van der Waals surface area contributed by atoms with E-state index in [0.717, 1.165) is 45.4 Å². The van der Waals surface area contributed by atoms with Gasteiger partial charge < -0.3 is 16.0 Å². The van der Waals surface area contributed by atoms with Gasteiger partial charge in [0.1, 0.15) is 0 Å². The zero-order chi connectivity index (χ0) is 18.7. The summed E-state index contributed by atoms with van der Waals surface area (Å²) in [5.74, 6) is 0.529. The molecule has 0 aliphatic carbocycles. The fourth-order valence-electron chi connectivity index (χ4n) is 3.74. The number of benzene rings is 2. The Morgan fingerprint density at radius 2 is 1.67 bits per heavy atom. The summed E-state index contributed by atoms with van der Waals surface area (Å²) in [7, 11) is 0. The third kappa shape index (κ3) is 6.49. The first-order valence-corrected chi connectivity index (χ1v) is 10.1. The number of hydrogen-bond acceptors (Lipinski definition) is 3. The fourth-order valence-corrected chi connectivity index (χ4v) is 3.74. The highest BCUT2D eigenvalue weighted by molar-refractivity contribution is 5.76. The van der Waals surface area contributed by atoms with Crippen molar-refractivity contribution in [1.82, 2.24) is 16.0 Å². The van der Waals surface area contributed by atoms with Gasteiger partial charge in [-0.25, -0.2) is 0 Å². The third-order valence-electron chi connectivity index (χ3n) is 5.20. The van der Waals surface area contributed by atoms with Gasteiger partial charge in [0.15, 0.2) is 0 Å². The van der Waals surface area contributed by atoms with Crippen molar-refractivity contribution in [3.05, 3.63) is 71.8 Å². The molecule has 0 spiro atoms. The van der Waals surface area contributed by atoms with Crippen LogP contribution in [0.3, 0.4) is 0 Å². The molecule has 0 aromatic heterocycles. The topological polar surface area (TPSA) is 53.2 Å². The molecule has 27 heavy (non-hydrogen) atoms. The van der Waals surface area contributed by atoms with Gasteiger partial charge in [-0.3, -0.25) is 4.79 Å². The van der Waals surface area contributed by atoms with E-state index in [-0.39, 0.29) is 5.91 Å². The molecule has 1 amide bonds. The average Bonchev–Trinajstić information content (AvgIpc) is 2.73. The van der Waals surface area contributed by atoms with E-state index in [1.54, 1.807) is 0 Å². The number of amides is 1. The lowest BCUT2D eigenvalue weighted by molar-refractivity contribution is -0.121. The van der Waals surface area contributed by atoms with Crippen LogP contribution < -0.4 is 16.0 Å². The van der Waals surface area contributed by atoms with Crippen molar-refractivity contribution >= 4 is 5.91 Å². The van der Waals surface area contributed by atoms with Crippen molar-refractivity contribution in [3.8, 4) is 0 Å². The molecule has 2 aromatic rings. The minimum absolute atomic E-state index is 0.152. The van der Waals surface area contributed by atoms with Crippen molar-refractivity contribution in [1.29, 1.82) is 0 Å². The van der Waals surface area contributed by atoms with Crippen LogP contribution in [-0.4, -0.2) is 38.1 Å². The van der Waals surface area contributed by atoms with Gasteiger partial charge in [0.05, 0.1) is 0 Å². The van der Waals surface area contributed by atoms with Crippen LogP contribution in [0, 0.1) is 0 Å². The molecule has 3 rings (SSSR count). The Labute approximate surface area is 162 Å². The second kappa shape index (κ2) is 10.9. The van der Waals surface area contributed by atoms with Crippen LogP contribution in [0.25, 0.3) is 0 Å². The summed E-state index contributed by atoms with van der Waals surface area (Å²) in [5.41, 5.74) is 2.68. The number of carbonyl (C=O) groups is 1. The molecule has 0 saturated carbocycles. The number of nitrogens with one attached hydrogen (secondary N) is 3. The molecular weight excluding hydrogens is 334 g/mol. The van der Waals surface area contributed by atoms with E-state index in [1.165, 1.54) is 11.1 Å². The average molecular weight is 366 g/mol. The number of piperidine rings is 1. The monoisotopic (exact) mass is 365 g/mol. The first-order valence-electron chi connectivity index (χ1n) is 10.1. The van der Waals surface area contributed by atoms with Crippen molar-refractivity contribution < 1.29 is 4.79 Å². The maximum Gasteiger partial charge on any atom is 0.221 e. The van der Waals surface area contributed by atoms with Crippen LogP contribution in [0.4, 0.5) is 0 Å². The van der Waals surface area contributed by atoms with Crippen molar-refractivity contribution in [2.75, 3.05) is 26.2 Å². The van der Waals surface area contributed by atoms with Crippen LogP contribution in [-0.2, 0) is 4.79 Å².